The molecular formula is C19H24FNO. The Kier molecular flexibility index (Phi) is 3.79. The van der Waals surface area contributed by atoms with Crippen LogP contribution in [0.25, 0.3) is 5.57 Å². The van der Waals surface area contributed by atoms with E-state index in [-0.39, 0.29) is 5.82 Å². The van der Waals surface area contributed by atoms with Gasteiger partial charge in [-0.25, -0.2) is 4.39 Å². The molecule has 1 N–H and O–H groups in total. The number of halogens is 1. The van der Waals surface area contributed by atoms with E-state index in [9.17, 15) is 9.50 Å². The summed E-state index contributed by atoms with van der Waals surface area (Å²) in [6.07, 6.45) is 8.16. The van der Waals surface area contributed by atoms with Gasteiger partial charge >= 0.3 is 0 Å². The highest BCUT2D eigenvalue weighted by atomic mass is 19.1. The van der Waals surface area contributed by atoms with Gasteiger partial charge in [0.05, 0.1) is 0 Å². The molecule has 22 heavy (non-hydrogen) atoms. The number of hydrogen-bond acceptors (Lipinski definition) is 2. The molecule has 3 aliphatic rings. The van der Waals surface area contributed by atoms with Crippen LogP contribution in [0.3, 0.4) is 0 Å². The Morgan fingerprint density at radius 3 is 2.50 bits per heavy atom. The molecule has 1 saturated carbocycles. The number of benzene rings is 1. The zero-order valence-electron chi connectivity index (χ0n) is 13.0. The lowest BCUT2D eigenvalue weighted by Crippen LogP contribution is -2.39. The second kappa shape index (κ2) is 5.78. The first kappa shape index (κ1) is 14.4. The average Bonchev–Trinajstić information content (AvgIpc) is 2.65. The van der Waals surface area contributed by atoms with E-state index in [2.05, 4.69) is 4.90 Å². The van der Waals surface area contributed by atoms with Gasteiger partial charge in [0.15, 0.2) is 0 Å². The maximum Gasteiger partial charge on any atom is 0.130 e. The molecule has 0 radical (unpaired) electrons. The highest BCUT2D eigenvalue weighted by Crippen LogP contribution is 2.47. The predicted octanol–water partition coefficient (Wildman–Crippen LogP) is 3.96. The summed E-state index contributed by atoms with van der Waals surface area (Å²) in [7, 11) is 0. The fourth-order valence-electron chi connectivity index (χ4n) is 4.79. The minimum atomic E-state index is -0.415. The molecule has 4 unspecified atom stereocenters. The molecular weight excluding hydrogens is 277 g/mol. The first-order chi connectivity index (χ1) is 10.8. The zero-order chi connectivity index (χ0) is 15.1. The van der Waals surface area contributed by atoms with Gasteiger partial charge in [0, 0.05) is 12.6 Å². The van der Waals surface area contributed by atoms with Crippen LogP contribution in [0.5, 0.6) is 0 Å². The van der Waals surface area contributed by atoms with E-state index >= 15 is 0 Å². The number of fused-ring (bicyclic) bond motifs is 5. The van der Waals surface area contributed by atoms with Crippen LogP contribution in [0, 0.1) is 11.7 Å². The first-order valence-corrected chi connectivity index (χ1v) is 8.68. The van der Waals surface area contributed by atoms with E-state index < -0.39 is 6.23 Å². The largest absolute Gasteiger partial charge is 0.374 e. The molecule has 0 amide bonds. The molecule has 2 fully saturated rings. The fraction of sp³-hybridized carbons (Fsp3) is 0.579. The molecule has 2 aliphatic heterocycles. The summed E-state index contributed by atoms with van der Waals surface area (Å²) in [6, 6.07) is 7.33. The lowest BCUT2D eigenvalue weighted by molar-refractivity contribution is 0.0267. The lowest BCUT2D eigenvalue weighted by atomic mass is 9.81. The fourth-order valence-corrected chi connectivity index (χ4v) is 4.79. The smallest absolute Gasteiger partial charge is 0.130 e. The second-order valence-electron chi connectivity index (χ2n) is 6.97. The van der Waals surface area contributed by atoms with Crippen molar-refractivity contribution in [2.75, 3.05) is 6.54 Å². The normalized spacial score (nSPS) is 35.0. The van der Waals surface area contributed by atoms with E-state index in [1.54, 1.807) is 0 Å². The predicted molar refractivity (Wildman–Crippen MR) is 85.6 cm³/mol. The van der Waals surface area contributed by atoms with Gasteiger partial charge in [-0.1, -0.05) is 37.8 Å². The Labute approximate surface area is 131 Å². The third-order valence-corrected chi connectivity index (χ3v) is 5.81. The van der Waals surface area contributed by atoms with Crippen molar-refractivity contribution in [1.82, 2.24) is 4.90 Å². The van der Waals surface area contributed by atoms with Crippen LogP contribution in [-0.2, 0) is 0 Å². The third kappa shape index (κ3) is 2.31. The van der Waals surface area contributed by atoms with Crippen LogP contribution in [0.1, 0.15) is 50.5 Å². The molecule has 1 saturated heterocycles. The lowest BCUT2D eigenvalue weighted by Gasteiger charge is -2.31. The minimum absolute atomic E-state index is 0.192. The Hall–Kier alpha value is -1.19. The topological polar surface area (TPSA) is 23.5 Å². The molecule has 1 aliphatic carbocycles. The molecule has 0 spiro atoms. The Morgan fingerprint density at radius 1 is 1.00 bits per heavy atom. The molecule has 2 bridgehead atoms. The number of aliphatic hydroxyl groups is 1. The van der Waals surface area contributed by atoms with Gasteiger partial charge in [0.25, 0.3) is 0 Å². The minimum Gasteiger partial charge on any atom is -0.374 e. The maximum atomic E-state index is 13.2. The van der Waals surface area contributed by atoms with Crippen LogP contribution in [0.4, 0.5) is 4.39 Å². The maximum absolute atomic E-state index is 13.2. The van der Waals surface area contributed by atoms with Crippen LogP contribution in [-0.4, -0.2) is 28.8 Å². The van der Waals surface area contributed by atoms with Gasteiger partial charge < -0.3 is 5.11 Å². The van der Waals surface area contributed by atoms with Gasteiger partial charge in [-0.15, -0.1) is 0 Å². The van der Waals surface area contributed by atoms with Gasteiger partial charge in [-0.05, 0) is 54.0 Å². The number of nitrogens with zero attached hydrogens (tertiary/aromatic N) is 1. The van der Waals surface area contributed by atoms with E-state index in [0.717, 1.165) is 18.5 Å². The molecule has 4 rings (SSSR count). The average molecular weight is 301 g/mol. The van der Waals surface area contributed by atoms with E-state index in [1.165, 1.54) is 61.8 Å². The summed E-state index contributed by atoms with van der Waals surface area (Å²) in [5.41, 5.74) is 3.61. The Bertz CT molecular complexity index is 580. The molecule has 2 heterocycles. The zero-order valence-corrected chi connectivity index (χ0v) is 13.0. The standard InChI is InChI=1S/C19H24FNO/c20-14-9-7-13(8-10-14)15-11-12-21-17-6-4-2-1-3-5-16(17)18(15)19(21)22/h7-10,16-17,19,22H,1-6,11-12H2. The molecule has 1 aromatic carbocycles. The SMILES string of the molecule is OC1C2=C(c3ccc(F)cc3)CCN1C1CCCCCCC21. The van der Waals surface area contributed by atoms with Crippen molar-refractivity contribution in [3.8, 4) is 0 Å². The number of rotatable bonds is 1. The van der Waals surface area contributed by atoms with Crippen LogP contribution >= 0.6 is 0 Å². The van der Waals surface area contributed by atoms with Crippen molar-refractivity contribution in [3.05, 3.63) is 41.2 Å². The van der Waals surface area contributed by atoms with Crippen molar-refractivity contribution >= 4 is 5.57 Å². The van der Waals surface area contributed by atoms with Crippen molar-refractivity contribution in [1.29, 1.82) is 0 Å². The summed E-state index contributed by atoms with van der Waals surface area (Å²) in [5.74, 6) is 0.306. The molecule has 3 heteroatoms. The molecule has 0 aromatic heterocycles. The van der Waals surface area contributed by atoms with Gasteiger partial charge in [-0.2, -0.15) is 0 Å². The number of hydrogen-bond donors (Lipinski definition) is 1. The van der Waals surface area contributed by atoms with Crippen molar-refractivity contribution in [2.24, 2.45) is 5.92 Å². The summed E-state index contributed by atoms with van der Waals surface area (Å²) in [5, 5.41) is 10.8. The highest BCUT2D eigenvalue weighted by Gasteiger charge is 2.47. The van der Waals surface area contributed by atoms with E-state index in [4.69, 9.17) is 0 Å². The first-order valence-electron chi connectivity index (χ1n) is 8.68. The van der Waals surface area contributed by atoms with Gasteiger partial charge in [0.2, 0.25) is 0 Å². The Balaban J connectivity index is 1.75. The monoisotopic (exact) mass is 301 g/mol. The van der Waals surface area contributed by atoms with E-state index in [1.807, 2.05) is 12.1 Å². The summed E-state index contributed by atoms with van der Waals surface area (Å²) in [6.45, 7) is 0.929. The van der Waals surface area contributed by atoms with Gasteiger partial charge in [0.1, 0.15) is 12.0 Å². The van der Waals surface area contributed by atoms with Crippen molar-refractivity contribution < 1.29 is 9.50 Å². The molecule has 2 nitrogen and oxygen atoms in total. The Morgan fingerprint density at radius 2 is 1.73 bits per heavy atom. The van der Waals surface area contributed by atoms with Gasteiger partial charge in [-0.3, -0.25) is 4.90 Å². The quantitative estimate of drug-likeness (QED) is 0.849. The molecule has 4 atom stereocenters. The third-order valence-electron chi connectivity index (χ3n) is 5.81. The van der Waals surface area contributed by atoms with Crippen LogP contribution < -0.4 is 0 Å². The molecule has 118 valence electrons. The number of aliphatic hydroxyl groups excluding tert-OH is 1. The van der Waals surface area contributed by atoms with Crippen molar-refractivity contribution in [2.45, 2.75) is 57.2 Å². The summed E-state index contributed by atoms with van der Waals surface area (Å²) < 4.78 is 13.2. The highest BCUT2D eigenvalue weighted by molar-refractivity contribution is 5.72. The summed E-state index contributed by atoms with van der Waals surface area (Å²) in [4.78, 5) is 2.32. The van der Waals surface area contributed by atoms with E-state index in [0.29, 0.717) is 12.0 Å². The van der Waals surface area contributed by atoms with Crippen LogP contribution in [0.2, 0.25) is 0 Å². The summed E-state index contributed by atoms with van der Waals surface area (Å²) >= 11 is 0. The molecule has 1 aromatic rings. The van der Waals surface area contributed by atoms with Crippen LogP contribution in [0.15, 0.2) is 29.8 Å². The second-order valence-corrected chi connectivity index (χ2v) is 6.97. The van der Waals surface area contributed by atoms with Crippen molar-refractivity contribution in [3.63, 3.8) is 0 Å².